The van der Waals surface area contributed by atoms with Gasteiger partial charge in [0.25, 0.3) is 0 Å². The van der Waals surface area contributed by atoms with Gasteiger partial charge in [-0.2, -0.15) is 0 Å². The lowest BCUT2D eigenvalue weighted by Crippen LogP contribution is -2.19. The number of benzene rings is 3. The van der Waals surface area contributed by atoms with E-state index in [2.05, 4.69) is 80.1 Å². The number of pyridine rings is 1. The van der Waals surface area contributed by atoms with Crippen LogP contribution in [0.5, 0.6) is 0 Å². The maximum absolute atomic E-state index is 14.5. The second kappa shape index (κ2) is 14.1. The summed E-state index contributed by atoms with van der Waals surface area (Å²) in [5.74, 6) is 4.13. The Morgan fingerprint density at radius 3 is 2.50 bits per heavy atom. The number of fused-ring (bicyclic) bond motifs is 1. The van der Waals surface area contributed by atoms with Crippen LogP contribution in [-0.2, 0) is 25.8 Å². The van der Waals surface area contributed by atoms with Crippen LogP contribution in [-0.4, -0.2) is 20.8 Å². The average Bonchev–Trinajstić information content (AvgIpc) is 3.35. The highest BCUT2D eigenvalue weighted by atomic mass is 32.2. The molecule has 1 fully saturated rings. The van der Waals surface area contributed by atoms with E-state index in [0.29, 0.717) is 24.0 Å². The second-order valence-corrected chi connectivity index (χ2v) is 12.4. The average molecular weight is 602 g/mol. The fraction of sp³-hybridized carbons (Fsp3) is 0.282. The van der Waals surface area contributed by atoms with Crippen molar-refractivity contribution in [3.63, 3.8) is 0 Å². The first-order valence-corrected chi connectivity index (χ1v) is 16.5. The van der Waals surface area contributed by atoms with Crippen molar-refractivity contribution in [2.75, 3.05) is 6.26 Å². The first-order chi connectivity index (χ1) is 21.4. The van der Waals surface area contributed by atoms with Crippen LogP contribution >= 0.6 is 11.8 Å². The first-order valence-electron chi connectivity index (χ1n) is 15.3. The maximum atomic E-state index is 14.5. The summed E-state index contributed by atoms with van der Waals surface area (Å²) in [6.07, 6.45) is 13.5. The van der Waals surface area contributed by atoms with Gasteiger partial charge in [0, 0.05) is 34.7 Å². The highest BCUT2D eigenvalue weighted by Crippen LogP contribution is 2.34. The molecule has 1 aliphatic rings. The molecule has 2 aromatic heterocycles. The summed E-state index contributed by atoms with van der Waals surface area (Å²) in [4.78, 5) is 11.4. The van der Waals surface area contributed by atoms with Crippen molar-refractivity contribution in [2.24, 2.45) is 5.92 Å². The Morgan fingerprint density at radius 2 is 1.80 bits per heavy atom. The molecule has 5 heteroatoms. The van der Waals surface area contributed by atoms with E-state index in [1.54, 1.807) is 23.9 Å². The summed E-state index contributed by atoms with van der Waals surface area (Å²) in [5, 5.41) is 0. The minimum atomic E-state index is -0.256. The van der Waals surface area contributed by atoms with Crippen molar-refractivity contribution in [1.82, 2.24) is 14.5 Å². The second-order valence-electron chi connectivity index (χ2n) is 11.5. The molecule has 0 saturated heterocycles. The lowest BCUT2D eigenvalue weighted by molar-refractivity contribution is 0.277. The fourth-order valence-corrected chi connectivity index (χ4v) is 6.58. The Morgan fingerprint density at radius 1 is 0.977 bits per heavy atom. The van der Waals surface area contributed by atoms with Gasteiger partial charge in [-0.1, -0.05) is 36.6 Å². The van der Waals surface area contributed by atoms with Crippen LogP contribution in [0.1, 0.15) is 58.6 Å². The topological polar surface area (TPSA) is 30.7 Å². The molecule has 44 heavy (non-hydrogen) atoms. The molecule has 0 bridgehead atoms. The predicted molar refractivity (Wildman–Crippen MR) is 184 cm³/mol. The van der Waals surface area contributed by atoms with Crippen molar-refractivity contribution in [2.45, 2.75) is 63.8 Å². The van der Waals surface area contributed by atoms with E-state index in [4.69, 9.17) is 16.4 Å². The van der Waals surface area contributed by atoms with Gasteiger partial charge in [0.05, 0.1) is 16.7 Å². The molecule has 0 N–H and O–H groups in total. The highest BCUT2D eigenvalue weighted by molar-refractivity contribution is 7.98. The Balaban J connectivity index is 0.00000188. The molecule has 0 radical (unpaired) electrons. The lowest BCUT2D eigenvalue weighted by atomic mass is 9.85. The number of terminal acetylenes is 1. The van der Waals surface area contributed by atoms with E-state index >= 15 is 0 Å². The lowest BCUT2D eigenvalue weighted by Gasteiger charge is -2.27. The van der Waals surface area contributed by atoms with E-state index in [0.717, 1.165) is 47.2 Å². The van der Waals surface area contributed by atoms with Gasteiger partial charge in [-0.25, -0.2) is 9.37 Å². The molecule has 0 unspecified atom stereocenters. The van der Waals surface area contributed by atoms with Gasteiger partial charge in [0.15, 0.2) is 0 Å². The van der Waals surface area contributed by atoms with Crippen molar-refractivity contribution < 1.29 is 4.39 Å². The largest absolute Gasteiger partial charge is 0.327 e. The minimum absolute atomic E-state index is 0.256. The van der Waals surface area contributed by atoms with Crippen LogP contribution in [0.3, 0.4) is 0 Å². The molecule has 5 aromatic rings. The van der Waals surface area contributed by atoms with Gasteiger partial charge < -0.3 is 4.57 Å². The van der Waals surface area contributed by atoms with Gasteiger partial charge in [-0.3, -0.25) is 4.98 Å². The molecule has 0 spiro atoms. The quantitative estimate of drug-likeness (QED) is 0.0958. The number of imidazole rings is 1. The number of hydrogen-bond acceptors (Lipinski definition) is 3. The van der Waals surface area contributed by atoms with Crippen molar-refractivity contribution in [1.29, 1.82) is 0 Å². The van der Waals surface area contributed by atoms with Crippen LogP contribution < -0.4 is 0 Å². The molecule has 6 rings (SSSR count). The summed E-state index contributed by atoms with van der Waals surface area (Å²) >= 11 is 1.77. The normalized spacial score (nSPS) is 12.8. The molecule has 3 nitrogen and oxygen atoms in total. The third-order valence-electron chi connectivity index (χ3n) is 8.58. The Bertz CT molecular complexity index is 1830. The third kappa shape index (κ3) is 6.82. The summed E-state index contributed by atoms with van der Waals surface area (Å²) in [6, 6.07) is 22.3. The Labute approximate surface area is 265 Å². The summed E-state index contributed by atoms with van der Waals surface area (Å²) < 4.78 is 17.0. The van der Waals surface area contributed by atoms with E-state index in [1.165, 1.54) is 52.4 Å². The minimum Gasteiger partial charge on any atom is -0.327 e. The van der Waals surface area contributed by atoms with Gasteiger partial charge in [0.2, 0.25) is 0 Å². The van der Waals surface area contributed by atoms with Gasteiger partial charge in [0.1, 0.15) is 11.6 Å². The van der Waals surface area contributed by atoms with Gasteiger partial charge >= 0.3 is 0 Å². The maximum Gasteiger partial charge on any atom is 0.127 e. The number of halogens is 1. The van der Waals surface area contributed by atoms with Crippen molar-refractivity contribution in [3.05, 3.63) is 125 Å². The summed E-state index contributed by atoms with van der Waals surface area (Å²) in [6.45, 7) is 11.4. The molecule has 1 saturated carbocycles. The zero-order valence-corrected chi connectivity index (χ0v) is 26.8. The number of aromatic nitrogens is 3. The van der Waals surface area contributed by atoms with Crippen LogP contribution in [0, 0.1) is 37.9 Å². The van der Waals surface area contributed by atoms with Crippen LogP contribution in [0.15, 0.2) is 84.8 Å². The zero-order valence-electron chi connectivity index (χ0n) is 26.0. The first kappa shape index (κ1) is 31.3. The van der Waals surface area contributed by atoms with E-state index in [-0.39, 0.29) is 5.82 Å². The molecule has 3 aromatic carbocycles. The van der Waals surface area contributed by atoms with Crippen LogP contribution in [0.25, 0.3) is 22.3 Å². The molecule has 0 amide bonds. The standard InChI is InChI=1S/C37H36FN3S.C2H4/c1-5-26-13-14-28(32(38)20-26)15-16-30-10-7-11-33(39-30)31-22-36(42-4)29(19-25(31)3)21-37-40-34-17-12-24(2)18-35(34)41(37)23-27-8-6-9-27;1-2/h1,7,10-14,17-20,22,27H,6,8-9,15-16,21,23H2,2-4H3;1-2H2. The number of thioether (sulfide) groups is 1. The van der Waals surface area contributed by atoms with Crippen molar-refractivity contribution in [3.8, 4) is 23.6 Å². The van der Waals surface area contributed by atoms with Gasteiger partial charge in [-0.05, 0) is 116 Å². The van der Waals surface area contributed by atoms with E-state index in [9.17, 15) is 4.39 Å². The van der Waals surface area contributed by atoms with Crippen LogP contribution in [0.2, 0.25) is 0 Å². The number of aryl methyl sites for hydroxylation is 4. The SMILES string of the molecule is C#Cc1ccc(CCc2cccc(-c3cc(SC)c(Cc4nc5ccc(C)cc5n4CC4CCC4)cc3C)n2)c(F)c1.C=C. The molecular weight excluding hydrogens is 562 g/mol. The Hall–Kier alpha value is -4.14. The molecule has 0 aliphatic heterocycles. The predicted octanol–water partition coefficient (Wildman–Crippen LogP) is 9.54. The fourth-order valence-electron chi connectivity index (χ4n) is 5.95. The summed E-state index contributed by atoms with van der Waals surface area (Å²) in [5.41, 5.74) is 10.4. The monoisotopic (exact) mass is 601 g/mol. The summed E-state index contributed by atoms with van der Waals surface area (Å²) in [7, 11) is 0. The highest BCUT2D eigenvalue weighted by Gasteiger charge is 2.22. The van der Waals surface area contributed by atoms with E-state index < -0.39 is 0 Å². The van der Waals surface area contributed by atoms with Crippen molar-refractivity contribution >= 4 is 22.8 Å². The Kier molecular flexibility index (Phi) is 10.0. The smallest absolute Gasteiger partial charge is 0.127 e. The molecule has 0 atom stereocenters. The molecule has 2 heterocycles. The van der Waals surface area contributed by atoms with Gasteiger partial charge in [-0.15, -0.1) is 31.3 Å². The molecule has 1 aliphatic carbocycles. The van der Waals surface area contributed by atoms with Crippen LogP contribution in [0.4, 0.5) is 4.39 Å². The van der Waals surface area contributed by atoms with E-state index in [1.807, 2.05) is 12.1 Å². The molecular formula is C39H40FN3S. The third-order valence-corrected chi connectivity index (χ3v) is 9.40. The number of hydrogen-bond donors (Lipinski definition) is 0. The number of nitrogens with zero attached hydrogens (tertiary/aromatic N) is 3. The molecule has 224 valence electrons. The number of rotatable bonds is 9. The zero-order chi connectivity index (χ0) is 31.2.